The predicted molar refractivity (Wildman–Crippen MR) is 69.5 cm³/mol. The lowest BCUT2D eigenvalue weighted by Gasteiger charge is -1.94. The first-order valence-corrected chi connectivity index (χ1v) is 6.63. The molecular weight excluding hydrogens is 264 g/mol. The van der Waals surface area contributed by atoms with Crippen molar-refractivity contribution in [3.8, 4) is 10.4 Å². The summed E-state index contributed by atoms with van der Waals surface area (Å²) in [6, 6.07) is 1.96. The summed E-state index contributed by atoms with van der Waals surface area (Å²) in [5.41, 5.74) is 1.87. The van der Waals surface area contributed by atoms with E-state index in [0.717, 1.165) is 20.5 Å². The lowest BCUT2D eigenvalue weighted by atomic mass is 10.2. The minimum Gasteiger partial charge on any atom is -0.302 e. The van der Waals surface area contributed by atoms with Crippen molar-refractivity contribution in [2.75, 3.05) is 5.32 Å². The Bertz CT molecular complexity index is 533. The van der Waals surface area contributed by atoms with Gasteiger partial charge in [0.15, 0.2) is 5.13 Å². The molecule has 1 amide bonds. The first-order valence-electron chi connectivity index (χ1n) is 4.56. The number of thiophene rings is 1. The summed E-state index contributed by atoms with van der Waals surface area (Å²) in [4.78, 5) is 16.2. The first-order chi connectivity index (χ1) is 7.58. The Morgan fingerprint density at radius 2 is 2.31 bits per heavy atom. The van der Waals surface area contributed by atoms with Crippen molar-refractivity contribution in [2.45, 2.75) is 13.8 Å². The van der Waals surface area contributed by atoms with E-state index in [0.29, 0.717) is 5.13 Å². The van der Waals surface area contributed by atoms with Gasteiger partial charge in [0, 0.05) is 12.5 Å². The van der Waals surface area contributed by atoms with Crippen LogP contribution in [0.4, 0.5) is 5.13 Å². The Labute approximate surface area is 106 Å². The summed E-state index contributed by atoms with van der Waals surface area (Å²) in [5, 5.41) is 5.23. The van der Waals surface area contributed by atoms with Gasteiger partial charge in [0.2, 0.25) is 5.91 Å². The maximum absolute atomic E-state index is 10.9. The highest BCUT2D eigenvalue weighted by Gasteiger charge is 2.13. The van der Waals surface area contributed by atoms with Crippen LogP contribution in [-0.4, -0.2) is 10.9 Å². The van der Waals surface area contributed by atoms with Gasteiger partial charge in [-0.3, -0.25) is 4.79 Å². The number of rotatable bonds is 2. The number of carbonyl (C=O) groups is 1. The topological polar surface area (TPSA) is 42.0 Å². The molecule has 6 heteroatoms. The third-order valence-corrected chi connectivity index (χ3v) is 4.22. The molecule has 3 nitrogen and oxygen atoms in total. The Hall–Kier alpha value is -0.910. The van der Waals surface area contributed by atoms with Gasteiger partial charge in [-0.1, -0.05) is 22.9 Å². The van der Waals surface area contributed by atoms with E-state index in [4.69, 9.17) is 11.6 Å². The van der Waals surface area contributed by atoms with Gasteiger partial charge in [-0.05, 0) is 18.4 Å². The van der Waals surface area contributed by atoms with Gasteiger partial charge in [-0.25, -0.2) is 4.98 Å². The molecule has 0 aliphatic carbocycles. The molecule has 2 aromatic rings. The van der Waals surface area contributed by atoms with Crippen molar-refractivity contribution >= 4 is 45.3 Å². The van der Waals surface area contributed by atoms with E-state index in [1.165, 1.54) is 29.6 Å². The zero-order valence-corrected chi connectivity index (χ0v) is 11.1. The molecule has 16 heavy (non-hydrogen) atoms. The van der Waals surface area contributed by atoms with Crippen LogP contribution in [-0.2, 0) is 4.79 Å². The highest BCUT2D eigenvalue weighted by atomic mass is 35.5. The normalized spacial score (nSPS) is 10.4. The second-order valence-corrected chi connectivity index (χ2v) is 5.74. The van der Waals surface area contributed by atoms with Crippen LogP contribution in [0.15, 0.2) is 11.4 Å². The highest BCUT2D eigenvalue weighted by Crippen LogP contribution is 2.39. The molecule has 2 aromatic heterocycles. The molecule has 0 saturated carbocycles. The molecule has 0 atom stereocenters. The zero-order chi connectivity index (χ0) is 11.7. The fraction of sp³-hybridized carbons (Fsp3) is 0.200. The Morgan fingerprint density at radius 3 is 2.88 bits per heavy atom. The molecule has 0 unspecified atom stereocenters. The molecule has 0 aliphatic rings. The summed E-state index contributed by atoms with van der Waals surface area (Å²) < 4.78 is 0.751. The van der Waals surface area contributed by atoms with Crippen LogP contribution in [0.5, 0.6) is 0 Å². The van der Waals surface area contributed by atoms with Gasteiger partial charge in [-0.15, -0.1) is 11.3 Å². The smallest absolute Gasteiger partial charge is 0.223 e. The number of carbonyl (C=O) groups excluding carboxylic acids is 1. The predicted octanol–water partition coefficient (Wildman–Crippen LogP) is 3.79. The largest absolute Gasteiger partial charge is 0.302 e. The monoisotopic (exact) mass is 272 g/mol. The number of thiazole rings is 1. The summed E-state index contributed by atoms with van der Waals surface area (Å²) in [7, 11) is 0. The van der Waals surface area contributed by atoms with Gasteiger partial charge in [0.05, 0.1) is 10.6 Å². The molecular formula is C10H9ClN2OS2. The molecule has 2 heterocycles. The van der Waals surface area contributed by atoms with E-state index < -0.39 is 0 Å². The number of nitrogens with one attached hydrogen (secondary N) is 1. The molecule has 0 spiro atoms. The van der Waals surface area contributed by atoms with Crippen LogP contribution in [0, 0.1) is 6.92 Å². The van der Waals surface area contributed by atoms with Gasteiger partial charge in [-0.2, -0.15) is 0 Å². The molecule has 0 aromatic carbocycles. The average molecular weight is 273 g/mol. The Morgan fingerprint density at radius 1 is 1.56 bits per heavy atom. The van der Waals surface area contributed by atoms with E-state index in [9.17, 15) is 4.79 Å². The standard InChI is InChI=1S/C10H9ClN2OS2/c1-5-8(7-3-4-15-9(7)11)16-10(12-5)13-6(2)14/h3-4H,1-2H3,(H,12,13,14). The number of nitrogens with zero attached hydrogens (tertiary/aromatic N) is 1. The summed E-state index contributed by atoms with van der Waals surface area (Å²) in [6.07, 6.45) is 0. The van der Waals surface area contributed by atoms with Crippen LogP contribution in [0.1, 0.15) is 12.6 Å². The number of aromatic nitrogens is 1. The van der Waals surface area contributed by atoms with Gasteiger partial charge >= 0.3 is 0 Å². The van der Waals surface area contributed by atoms with Gasteiger partial charge in [0.25, 0.3) is 0 Å². The number of aryl methyl sites for hydroxylation is 1. The third kappa shape index (κ3) is 2.26. The van der Waals surface area contributed by atoms with Crippen LogP contribution in [0.2, 0.25) is 4.34 Å². The van der Waals surface area contributed by atoms with Gasteiger partial charge < -0.3 is 5.32 Å². The number of hydrogen-bond donors (Lipinski definition) is 1. The third-order valence-electron chi connectivity index (χ3n) is 1.94. The molecule has 0 saturated heterocycles. The molecule has 0 radical (unpaired) electrons. The van der Waals surface area contributed by atoms with E-state index in [1.807, 2.05) is 18.4 Å². The molecule has 0 fully saturated rings. The van der Waals surface area contributed by atoms with Crippen LogP contribution < -0.4 is 5.32 Å². The fourth-order valence-corrected chi connectivity index (χ4v) is 3.40. The van der Waals surface area contributed by atoms with Crippen molar-refractivity contribution in [1.82, 2.24) is 4.98 Å². The number of halogens is 1. The maximum Gasteiger partial charge on any atom is 0.223 e. The first kappa shape index (κ1) is 11.6. The van der Waals surface area contributed by atoms with Crippen molar-refractivity contribution in [3.05, 3.63) is 21.5 Å². The number of amides is 1. The minimum absolute atomic E-state index is 0.114. The Kier molecular flexibility index (Phi) is 3.28. The summed E-state index contributed by atoms with van der Waals surface area (Å²) in [6.45, 7) is 3.37. The molecule has 84 valence electrons. The SMILES string of the molecule is CC(=O)Nc1nc(C)c(-c2ccsc2Cl)s1. The second kappa shape index (κ2) is 4.53. The van der Waals surface area contributed by atoms with Crippen LogP contribution >= 0.6 is 34.3 Å². The fourth-order valence-electron chi connectivity index (χ4n) is 1.31. The zero-order valence-electron chi connectivity index (χ0n) is 8.70. The van der Waals surface area contributed by atoms with Crippen molar-refractivity contribution < 1.29 is 4.79 Å². The Balaban J connectivity index is 2.39. The quantitative estimate of drug-likeness (QED) is 0.904. The maximum atomic E-state index is 10.9. The summed E-state index contributed by atoms with van der Waals surface area (Å²) >= 11 is 9.00. The van der Waals surface area contributed by atoms with Crippen molar-refractivity contribution in [3.63, 3.8) is 0 Å². The molecule has 2 rings (SSSR count). The lowest BCUT2D eigenvalue weighted by molar-refractivity contribution is -0.114. The number of anilines is 1. The summed E-state index contributed by atoms with van der Waals surface area (Å²) in [5.74, 6) is -0.114. The van der Waals surface area contributed by atoms with E-state index in [1.54, 1.807) is 0 Å². The van der Waals surface area contributed by atoms with Crippen LogP contribution in [0.25, 0.3) is 10.4 Å². The van der Waals surface area contributed by atoms with E-state index >= 15 is 0 Å². The van der Waals surface area contributed by atoms with Crippen LogP contribution in [0.3, 0.4) is 0 Å². The number of hydrogen-bond acceptors (Lipinski definition) is 4. The van der Waals surface area contributed by atoms with Crippen molar-refractivity contribution in [2.24, 2.45) is 0 Å². The van der Waals surface area contributed by atoms with Crippen molar-refractivity contribution in [1.29, 1.82) is 0 Å². The van der Waals surface area contributed by atoms with E-state index in [-0.39, 0.29) is 5.91 Å². The average Bonchev–Trinajstić information content (AvgIpc) is 2.71. The molecule has 0 aliphatic heterocycles. The highest BCUT2D eigenvalue weighted by molar-refractivity contribution is 7.20. The van der Waals surface area contributed by atoms with E-state index in [2.05, 4.69) is 10.3 Å². The second-order valence-electron chi connectivity index (χ2n) is 3.22. The molecule has 1 N–H and O–H groups in total. The lowest BCUT2D eigenvalue weighted by Crippen LogP contribution is -2.04. The molecule has 0 bridgehead atoms. The minimum atomic E-state index is -0.114. The van der Waals surface area contributed by atoms with Gasteiger partial charge in [0.1, 0.15) is 4.34 Å².